The second-order valence-electron chi connectivity index (χ2n) is 6.64. The van der Waals surface area contributed by atoms with Crippen molar-refractivity contribution in [1.29, 1.82) is 0 Å². The smallest absolute Gasteiger partial charge is 0.328 e. The number of carbonyl (C=O) groups is 4. The number of hydrogen-bond donors (Lipinski definition) is 4. The fourth-order valence-corrected chi connectivity index (χ4v) is 2.75. The van der Waals surface area contributed by atoms with Crippen LogP contribution in [-0.4, -0.2) is 67.0 Å². The van der Waals surface area contributed by atoms with Crippen molar-refractivity contribution in [3.05, 3.63) is 0 Å². The zero-order valence-corrected chi connectivity index (χ0v) is 18.0. The minimum Gasteiger partial charge on any atom is -0.461 e. The van der Waals surface area contributed by atoms with Crippen LogP contribution in [0.3, 0.4) is 0 Å². The van der Waals surface area contributed by atoms with E-state index in [0.717, 1.165) is 6.42 Å². The molecule has 10 heteroatoms. The summed E-state index contributed by atoms with van der Waals surface area (Å²) in [5.74, 6) is -1.12. The number of esters is 1. The summed E-state index contributed by atoms with van der Waals surface area (Å²) in [6, 6.07) is -1.61. The van der Waals surface area contributed by atoms with E-state index in [1.165, 1.54) is 18.7 Å². The predicted molar refractivity (Wildman–Crippen MR) is 110 cm³/mol. The number of unbranched alkanes of at least 4 members (excludes halogenated alkanes) is 1. The summed E-state index contributed by atoms with van der Waals surface area (Å²) in [6.07, 6.45) is 3.79. The van der Waals surface area contributed by atoms with Gasteiger partial charge in [-0.05, 0) is 58.1 Å². The number of carbonyl (C=O) groups excluding carboxylic acids is 4. The molecule has 0 aliphatic carbocycles. The molecular formula is C18H34N4O5S. The van der Waals surface area contributed by atoms with Crippen LogP contribution in [0.15, 0.2) is 0 Å². The van der Waals surface area contributed by atoms with Gasteiger partial charge in [0.25, 0.3) is 0 Å². The molecule has 0 bridgehead atoms. The number of amides is 3. The molecule has 0 rings (SSSR count). The van der Waals surface area contributed by atoms with Crippen LogP contribution in [0.1, 0.15) is 46.5 Å². The number of ether oxygens (including phenoxy) is 1. The molecule has 0 aromatic heterocycles. The highest BCUT2D eigenvalue weighted by molar-refractivity contribution is 7.98. The molecule has 0 saturated heterocycles. The van der Waals surface area contributed by atoms with Crippen molar-refractivity contribution in [3.63, 3.8) is 0 Å². The van der Waals surface area contributed by atoms with Gasteiger partial charge in [0.1, 0.15) is 12.1 Å². The molecule has 0 radical (unpaired) electrons. The first kappa shape index (κ1) is 26.2. The van der Waals surface area contributed by atoms with Crippen LogP contribution in [0, 0.1) is 0 Å². The molecule has 9 nitrogen and oxygen atoms in total. The average molecular weight is 419 g/mol. The largest absolute Gasteiger partial charge is 0.461 e. The van der Waals surface area contributed by atoms with Gasteiger partial charge in [-0.25, -0.2) is 4.79 Å². The van der Waals surface area contributed by atoms with Crippen molar-refractivity contribution in [2.24, 2.45) is 5.73 Å². The Hall–Kier alpha value is -1.81. The summed E-state index contributed by atoms with van der Waals surface area (Å²) in [5, 5.41) is 7.69. The molecule has 0 aromatic carbocycles. The van der Waals surface area contributed by atoms with Gasteiger partial charge in [-0.2, -0.15) is 11.8 Å². The number of rotatable bonds is 14. The molecule has 0 aliphatic rings. The average Bonchev–Trinajstić information content (AvgIpc) is 2.61. The molecule has 3 amide bonds. The van der Waals surface area contributed by atoms with Gasteiger partial charge in [-0.15, -0.1) is 0 Å². The second kappa shape index (κ2) is 15.2. The molecule has 2 atom stereocenters. The third-order valence-corrected chi connectivity index (χ3v) is 4.30. The van der Waals surface area contributed by atoms with Gasteiger partial charge in [0, 0.05) is 6.92 Å². The molecule has 0 fully saturated rings. The Kier molecular flexibility index (Phi) is 14.2. The zero-order valence-electron chi connectivity index (χ0n) is 17.2. The minimum atomic E-state index is -0.808. The molecule has 2 unspecified atom stereocenters. The van der Waals surface area contributed by atoms with E-state index in [1.807, 2.05) is 6.26 Å². The third kappa shape index (κ3) is 12.6. The Morgan fingerprint density at radius 1 is 1.04 bits per heavy atom. The lowest BCUT2D eigenvalue weighted by atomic mass is 10.1. The lowest BCUT2D eigenvalue weighted by Gasteiger charge is -2.23. The van der Waals surface area contributed by atoms with Crippen molar-refractivity contribution in [2.45, 2.75) is 64.6 Å². The SMILES string of the molecule is CSCCC(NC(=O)CNC(C)=O)C(=O)NC(CCCCN)C(=O)OC(C)C. The van der Waals surface area contributed by atoms with Gasteiger partial charge >= 0.3 is 5.97 Å². The fourth-order valence-electron chi connectivity index (χ4n) is 2.28. The number of thioether (sulfide) groups is 1. The summed E-state index contributed by atoms with van der Waals surface area (Å²) in [7, 11) is 0. The van der Waals surface area contributed by atoms with Crippen LogP contribution in [0.2, 0.25) is 0 Å². The second-order valence-corrected chi connectivity index (χ2v) is 7.63. The summed E-state index contributed by atoms with van der Waals surface area (Å²) >= 11 is 1.54. The summed E-state index contributed by atoms with van der Waals surface area (Å²) in [4.78, 5) is 47.9. The summed E-state index contributed by atoms with van der Waals surface area (Å²) < 4.78 is 5.23. The molecule has 0 aromatic rings. The van der Waals surface area contributed by atoms with Crippen molar-refractivity contribution in [3.8, 4) is 0 Å². The van der Waals surface area contributed by atoms with Gasteiger partial charge in [0.2, 0.25) is 17.7 Å². The van der Waals surface area contributed by atoms with Crippen molar-refractivity contribution >= 4 is 35.5 Å². The van der Waals surface area contributed by atoms with Gasteiger partial charge < -0.3 is 26.4 Å². The van der Waals surface area contributed by atoms with E-state index >= 15 is 0 Å². The number of hydrogen-bond acceptors (Lipinski definition) is 7. The first-order valence-electron chi connectivity index (χ1n) is 9.44. The van der Waals surface area contributed by atoms with E-state index < -0.39 is 29.9 Å². The first-order valence-corrected chi connectivity index (χ1v) is 10.8. The maximum Gasteiger partial charge on any atom is 0.328 e. The molecule has 0 aliphatic heterocycles. The van der Waals surface area contributed by atoms with Gasteiger partial charge in [-0.3, -0.25) is 14.4 Å². The van der Waals surface area contributed by atoms with Crippen LogP contribution < -0.4 is 21.7 Å². The topological polar surface area (TPSA) is 140 Å². The Labute approximate surface area is 171 Å². The first-order chi connectivity index (χ1) is 13.2. The zero-order chi connectivity index (χ0) is 21.5. The molecule has 162 valence electrons. The molecule has 0 saturated carbocycles. The van der Waals surface area contributed by atoms with Gasteiger partial charge in [0.05, 0.1) is 12.6 Å². The maximum absolute atomic E-state index is 12.7. The Balaban J connectivity index is 5.02. The molecular weight excluding hydrogens is 384 g/mol. The monoisotopic (exact) mass is 418 g/mol. The van der Waals surface area contributed by atoms with E-state index in [4.69, 9.17) is 10.5 Å². The van der Waals surface area contributed by atoms with E-state index in [0.29, 0.717) is 31.6 Å². The summed E-state index contributed by atoms with van der Waals surface area (Å²) in [5.41, 5.74) is 5.50. The van der Waals surface area contributed by atoms with Crippen LogP contribution in [0.4, 0.5) is 0 Å². The Morgan fingerprint density at radius 2 is 1.71 bits per heavy atom. The highest BCUT2D eigenvalue weighted by Crippen LogP contribution is 2.07. The van der Waals surface area contributed by atoms with Crippen molar-refractivity contribution in [2.75, 3.05) is 25.1 Å². The quantitative estimate of drug-likeness (QED) is 0.229. The van der Waals surface area contributed by atoms with Gasteiger partial charge in [-0.1, -0.05) is 0 Å². The molecule has 0 heterocycles. The molecule has 28 heavy (non-hydrogen) atoms. The molecule has 0 spiro atoms. The fraction of sp³-hybridized carbons (Fsp3) is 0.778. The Morgan fingerprint density at radius 3 is 2.25 bits per heavy atom. The van der Waals surface area contributed by atoms with Crippen LogP contribution in [0.25, 0.3) is 0 Å². The van der Waals surface area contributed by atoms with E-state index in [2.05, 4.69) is 16.0 Å². The lowest BCUT2D eigenvalue weighted by molar-refractivity contribution is -0.152. The van der Waals surface area contributed by atoms with E-state index in [1.54, 1.807) is 13.8 Å². The highest BCUT2D eigenvalue weighted by atomic mass is 32.2. The van der Waals surface area contributed by atoms with Crippen LogP contribution in [-0.2, 0) is 23.9 Å². The van der Waals surface area contributed by atoms with E-state index in [-0.39, 0.29) is 18.6 Å². The normalized spacial score (nSPS) is 12.8. The lowest BCUT2D eigenvalue weighted by Crippen LogP contribution is -2.53. The predicted octanol–water partition coefficient (Wildman–Crippen LogP) is -0.0742. The molecule has 5 N–H and O–H groups in total. The van der Waals surface area contributed by atoms with Crippen LogP contribution >= 0.6 is 11.8 Å². The maximum atomic E-state index is 12.7. The van der Waals surface area contributed by atoms with E-state index in [9.17, 15) is 19.2 Å². The number of nitrogens with one attached hydrogen (secondary N) is 3. The highest BCUT2D eigenvalue weighted by Gasteiger charge is 2.27. The van der Waals surface area contributed by atoms with Gasteiger partial charge in [0.15, 0.2) is 0 Å². The van der Waals surface area contributed by atoms with Crippen molar-refractivity contribution in [1.82, 2.24) is 16.0 Å². The van der Waals surface area contributed by atoms with Crippen molar-refractivity contribution < 1.29 is 23.9 Å². The standard InChI is InChI=1S/C18H34N4O5S/c1-12(2)27-18(26)15(7-5-6-9-19)22-17(25)14(8-10-28-4)21-16(24)11-20-13(3)23/h12,14-15H,5-11,19H2,1-4H3,(H,20,23)(H,21,24)(H,22,25). The minimum absolute atomic E-state index is 0.215. The van der Waals surface area contributed by atoms with Crippen LogP contribution in [0.5, 0.6) is 0 Å². The number of nitrogens with two attached hydrogens (primary N) is 1. The third-order valence-electron chi connectivity index (χ3n) is 3.66. The summed E-state index contributed by atoms with van der Waals surface area (Å²) in [6.45, 7) is 5.06. The Bertz CT molecular complexity index is 516.